The highest BCUT2D eigenvalue weighted by molar-refractivity contribution is 5.31. The summed E-state index contributed by atoms with van der Waals surface area (Å²) in [5.74, 6) is 0.869. The first-order chi connectivity index (χ1) is 4.97. The average molecular weight is 135 g/mol. The van der Waals surface area contributed by atoms with Gasteiger partial charge in [-0.25, -0.2) is 9.97 Å². The van der Waals surface area contributed by atoms with Crippen LogP contribution in [-0.4, -0.2) is 23.1 Å². The standard InChI is InChI=1S/C7H9N3/c1-3-8-7(9-4-1)10-5-2-6-10/h1,3-4H,2,5-6H2. The van der Waals surface area contributed by atoms with Crippen molar-refractivity contribution >= 4 is 5.95 Å². The molecule has 2 heterocycles. The molecule has 0 atom stereocenters. The Morgan fingerprint density at radius 2 is 1.90 bits per heavy atom. The molecule has 0 N–H and O–H groups in total. The van der Waals surface area contributed by atoms with Gasteiger partial charge in [0.2, 0.25) is 5.95 Å². The first-order valence-electron chi connectivity index (χ1n) is 3.49. The number of hydrogen-bond acceptors (Lipinski definition) is 3. The fourth-order valence-electron chi connectivity index (χ4n) is 0.971. The lowest BCUT2D eigenvalue weighted by Gasteiger charge is -2.30. The van der Waals surface area contributed by atoms with Crippen LogP contribution in [0.4, 0.5) is 5.95 Å². The van der Waals surface area contributed by atoms with Gasteiger partial charge >= 0.3 is 0 Å². The van der Waals surface area contributed by atoms with Gasteiger partial charge in [-0.05, 0) is 12.5 Å². The van der Waals surface area contributed by atoms with Crippen molar-refractivity contribution in [2.75, 3.05) is 18.0 Å². The van der Waals surface area contributed by atoms with E-state index in [-0.39, 0.29) is 0 Å². The Kier molecular flexibility index (Phi) is 1.27. The van der Waals surface area contributed by atoms with Crippen LogP contribution in [-0.2, 0) is 0 Å². The Morgan fingerprint density at radius 1 is 1.20 bits per heavy atom. The van der Waals surface area contributed by atoms with Gasteiger partial charge in [-0.2, -0.15) is 0 Å². The largest absolute Gasteiger partial charge is 0.341 e. The second kappa shape index (κ2) is 2.25. The monoisotopic (exact) mass is 135 g/mol. The maximum Gasteiger partial charge on any atom is 0.225 e. The van der Waals surface area contributed by atoms with Crippen molar-refractivity contribution < 1.29 is 0 Å². The highest BCUT2D eigenvalue weighted by atomic mass is 15.3. The van der Waals surface area contributed by atoms with Crippen LogP contribution in [0.15, 0.2) is 18.5 Å². The van der Waals surface area contributed by atoms with Crippen molar-refractivity contribution in [1.82, 2.24) is 9.97 Å². The predicted molar refractivity (Wildman–Crippen MR) is 38.9 cm³/mol. The van der Waals surface area contributed by atoms with Crippen molar-refractivity contribution in [3.05, 3.63) is 18.5 Å². The van der Waals surface area contributed by atoms with Crippen LogP contribution >= 0.6 is 0 Å². The molecule has 0 bridgehead atoms. The molecule has 10 heavy (non-hydrogen) atoms. The quantitative estimate of drug-likeness (QED) is 0.567. The van der Waals surface area contributed by atoms with Crippen molar-refractivity contribution in [2.45, 2.75) is 6.42 Å². The van der Waals surface area contributed by atoms with Crippen molar-refractivity contribution in [1.29, 1.82) is 0 Å². The molecule has 0 spiro atoms. The van der Waals surface area contributed by atoms with Gasteiger partial charge in [0.05, 0.1) is 0 Å². The van der Waals surface area contributed by atoms with Gasteiger partial charge in [-0.1, -0.05) is 0 Å². The fourth-order valence-corrected chi connectivity index (χ4v) is 0.971. The highest BCUT2D eigenvalue weighted by Crippen LogP contribution is 2.12. The molecule has 3 nitrogen and oxygen atoms in total. The second-order valence-corrected chi connectivity index (χ2v) is 2.39. The molecule has 0 radical (unpaired) electrons. The molecular formula is C7H9N3. The second-order valence-electron chi connectivity index (χ2n) is 2.39. The van der Waals surface area contributed by atoms with E-state index in [0.29, 0.717) is 0 Å². The first kappa shape index (κ1) is 5.65. The molecule has 1 fully saturated rings. The Hall–Kier alpha value is -1.12. The summed E-state index contributed by atoms with van der Waals surface area (Å²) in [6.07, 6.45) is 4.83. The Labute approximate surface area is 59.7 Å². The number of anilines is 1. The Balaban J connectivity index is 2.18. The molecule has 3 heteroatoms. The minimum Gasteiger partial charge on any atom is -0.341 e. The minimum atomic E-state index is 0.869. The van der Waals surface area contributed by atoms with Gasteiger partial charge in [0.1, 0.15) is 0 Å². The van der Waals surface area contributed by atoms with Crippen LogP contribution in [0.25, 0.3) is 0 Å². The summed E-state index contributed by atoms with van der Waals surface area (Å²) >= 11 is 0. The predicted octanol–water partition coefficient (Wildman–Crippen LogP) is 0.687. The summed E-state index contributed by atoms with van der Waals surface area (Å²) in [5.41, 5.74) is 0. The van der Waals surface area contributed by atoms with Gasteiger partial charge in [0.15, 0.2) is 0 Å². The average Bonchev–Trinajstić information content (AvgIpc) is 1.86. The Morgan fingerprint density at radius 3 is 2.40 bits per heavy atom. The highest BCUT2D eigenvalue weighted by Gasteiger charge is 2.15. The van der Waals surface area contributed by atoms with E-state index in [1.54, 1.807) is 12.4 Å². The molecular weight excluding hydrogens is 126 g/mol. The third-order valence-electron chi connectivity index (χ3n) is 1.69. The number of rotatable bonds is 1. The lowest BCUT2D eigenvalue weighted by Crippen LogP contribution is -2.38. The molecule has 0 aliphatic carbocycles. The van der Waals surface area contributed by atoms with Gasteiger partial charge in [0, 0.05) is 25.5 Å². The van der Waals surface area contributed by atoms with Gasteiger partial charge in [-0.15, -0.1) is 0 Å². The molecule has 52 valence electrons. The van der Waals surface area contributed by atoms with Crippen LogP contribution in [0, 0.1) is 0 Å². The molecule has 1 aliphatic heterocycles. The van der Waals surface area contributed by atoms with Crippen LogP contribution < -0.4 is 4.90 Å². The summed E-state index contributed by atoms with van der Waals surface area (Å²) in [7, 11) is 0. The molecule has 1 aliphatic rings. The molecule has 0 amide bonds. The minimum absolute atomic E-state index is 0.869. The SMILES string of the molecule is c1cnc(N2CCC2)nc1. The van der Waals surface area contributed by atoms with E-state index in [9.17, 15) is 0 Å². The topological polar surface area (TPSA) is 29.0 Å². The van der Waals surface area contributed by atoms with Crippen LogP contribution in [0.3, 0.4) is 0 Å². The van der Waals surface area contributed by atoms with Crippen LogP contribution in [0.2, 0.25) is 0 Å². The lowest BCUT2D eigenvalue weighted by atomic mass is 10.2. The smallest absolute Gasteiger partial charge is 0.225 e. The fraction of sp³-hybridized carbons (Fsp3) is 0.429. The molecule has 0 unspecified atom stereocenters. The third-order valence-corrected chi connectivity index (χ3v) is 1.69. The summed E-state index contributed by atoms with van der Waals surface area (Å²) in [6.45, 7) is 2.23. The van der Waals surface area contributed by atoms with E-state index < -0.39 is 0 Å². The number of nitrogens with zero attached hydrogens (tertiary/aromatic N) is 3. The van der Waals surface area contributed by atoms with Gasteiger partial charge in [0.25, 0.3) is 0 Å². The summed E-state index contributed by atoms with van der Waals surface area (Å²) in [6, 6.07) is 1.84. The molecule has 2 rings (SSSR count). The number of hydrogen-bond donors (Lipinski definition) is 0. The normalized spacial score (nSPS) is 16.6. The van der Waals surface area contributed by atoms with Crippen molar-refractivity contribution in [3.63, 3.8) is 0 Å². The zero-order valence-electron chi connectivity index (χ0n) is 5.70. The molecule has 1 saturated heterocycles. The van der Waals surface area contributed by atoms with Crippen molar-refractivity contribution in [3.8, 4) is 0 Å². The van der Waals surface area contributed by atoms with E-state index >= 15 is 0 Å². The third kappa shape index (κ3) is 0.835. The van der Waals surface area contributed by atoms with Gasteiger partial charge in [-0.3, -0.25) is 0 Å². The number of aromatic nitrogens is 2. The maximum atomic E-state index is 4.12. The van der Waals surface area contributed by atoms with Crippen LogP contribution in [0.5, 0.6) is 0 Å². The summed E-state index contributed by atoms with van der Waals surface area (Å²) < 4.78 is 0. The molecule has 0 saturated carbocycles. The van der Waals surface area contributed by atoms with E-state index in [1.807, 2.05) is 6.07 Å². The summed E-state index contributed by atoms with van der Waals surface area (Å²) in [4.78, 5) is 10.4. The van der Waals surface area contributed by atoms with Crippen LogP contribution in [0.1, 0.15) is 6.42 Å². The molecule has 0 aromatic carbocycles. The maximum absolute atomic E-state index is 4.12. The zero-order chi connectivity index (χ0) is 6.81. The first-order valence-corrected chi connectivity index (χ1v) is 3.49. The van der Waals surface area contributed by atoms with E-state index in [2.05, 4.69) is 14.9 Å². The van der Waals surface area contributed by atoms with Crippen molar-refractivity contribution in [2.24, 2.45) is 0 Å². The van der Waals surface area contributed by atoms with Gasteiger partial charge < -0.3 is 4.90 Å². The lowest BCUT2D eigenvalue weighted by molar-refractivity contribution is 0.600. The molecule has 1 aromatic heterocycles. The van der Waals surface area contributed by atoms with E-state index in [0.717, 1.165) is 19.0 Å². The van der Waals surface area contributed by atoms with E-state index in [4.69, 9.17) is 0 Å². The Bertz CT molecular complexity index is 205. The van der Waals surface area contributed by atoms with E-state index in [1.165, 1.54) is 6.42 Å². The zero-order valence-corrected chi connectivity index (χ0v) is 5.70. The molecule has 1 aromatic rings. The summed E-state index contributed by atoms with van der Waals surface area (Å²) in [5, 5.41) is 0.